The highest BCUT2D eigenvalue weighted by Gasteiger charge is 2.58. The molecule has 0 aliphatic heterocycles. The predicted octanol–water partition coefficient (Wildman–Crippen LogP) is 22.3. The number of fused-ring (bicyclic) bond motifs is 5. The summed E-state index contributed by atoms with van der Waals surface area (Å²) in [6.45, 7) is 21.3. The van der Waals surface area contributed by atoms with Gasteiger partial charge in [-0.2, -0.15) is 30.6 Å². The van der Waals surface area contributed by atoms with Crippen LogP contribution in [0.2, 0.25) is 0 Å². The van der Waals surface area contributed by atoms with E-state index in [4.69, 9.17) is 55.7 Å². The molecule has 17 aromatic rings. The van der Waals surface area contributed by atoms with Crippen LogP contribution in [0, 0.1) is 41.9 Å². The molecule has 1 unspecified atom stereocenters. The Kier molecular flexibility index (Phi) is 25.5. The molecular formula is C106H99F2N17O4S. The van der Waals surface area contributed by atoms with Gasteiger partial charge in [0.1, 0.15) is 36.2 Å². The van der Waals surface area contributed by atoms with Crippen LogP contribution in [-0.2, 0) is 38.7 Å². The number of nitrogens with zero attached hydrogens (tertiary/aromatic N) is 17. The Balaban J connectivity index is 0.000000110. The van der Waals surface area contributed by atoms with Crippen LogP contribution in [0.1, 0.15) is 92.5 Å². The number of rotatable bonds is 29. The van der Waals surface area contributed by atoms with Crippen LogP contribution in [0.25, 0.3) is 90.2 Å². The van der Waals surface area contributed by atoms with Gasteiger partial charge in [-0.05, 0) is 263 Å². The lowest BCUT2D eigenvalue weighted by Gasteiger charge is -2.09. The number of halogens is 2. The molecule has 0 saturated heterocycles. The Morgan fingerprint density at radius 3 is 1.09 bits per heavy atom. The molecule has 5 aliphatic carbocycles. The fourth-order valence-corrected chi connectivity index (χ4v) is 16.2. The monoisotopic (exact) mass is 1740 g/mol. The summed E-state index contributed by atoms with van der Waals surface area (Å²) < 4.78 is 59.5. The third kappa shape index (κ3) is 20.8. The normalized spacial score (nSPS) is 14.6. The summed E-state index contributed by atoms with van der Waals surface area (Å²) in [7, 11) is 3.29. The highest BCUT2D eigenvalue weighted by molar-refractivity contribution is 7.98. The average Bonchev–Trinajstić information content (AvgIpc) is 1.61. The van der Waals surface area contributed by atoms with Crippen LogP contribution in [0.15, 0.2) is 321 Å². The van der Waals surface area contributed by atoms with Crippen molar-refractivity contribution in [1.82, 2.24) is 82.8 Å². The van der Waals surface area contributed by atoms with Gasteiger partial charge in [-0.3, -0.25) is 0 Å². The molecule has 130 heavy (non-hydrogen) atoms. The number of methoxy groups -OCH3 is 2. The van der Waals surface area contributed by atoms with Crippen LogP contribution in [0.5, 0.6) is 23.0 Å². The van der Waals surface area contributed by atoms with Gasteiger partial charge in [0.05, 0.1) is 48.4 Å². The first-order valence-corrected chi connectivity index (χ1v) is 45.1. The maximum absolute atomic E-state index is 13.2. The van der Waals surface area contributed by atoms with E-state index in [0.29, 0.717) is 47.3 Å². The van der Waals surface area contributed by atoms with E-state index in [0.717, 1.165) is 162 Å². The Hall–Kier alpha value is -14.7. The van der Waals surface area contributed by atoms with E-state index in [1.807, 2.05) is 205 Å². The van der Waals surface area contributed by atoms with Crippen molar-refractivity contribution in [1.29, 1.82) is 0 Å². The molecule has 5 aliphatic rings. The molecule has 21 nitrogen and oxygen atoms in total. The molecule has 0 N–H and O–H groups in total. The molecule has 1 atom stereocenters. The van der Waals surface area contributed by atoms with Gasteiger partial charge in [0, 0.05) is 89.5 Å². The van der Waals surface area contributed by atoms with Crippen molar-refractivity contribution in [2.24, 2.45) is 29.6 Å². The molecule has 6 aromatic carbocycles. The fourth-order valence-electron chi connectivity index (χ4n) is 15.8. The van der Waals surface area contributed by atoms with E-state index in [1.54, 1.807) is 36.7 Å². The van der Waals surface area contributed by atoms with Gasteiger partial charge in [0.2, 0.25) is 0 Å². The molecule has 5 saturated carbocycles. The number of pyridine rings is 5. The molecule has 5 fully saturated rings. The largest absolute Gasteiger partial charge is 0.497 e. The minimum absolute atomic E-state index is 0.115. The number of terminal acetylenes is 1. The maximum atomic E-state index is 13.2. The third-order valence-electron chi connectivity index (χ3n) is 23.7. The van der Waals surface area contributed by atoms with E-state index in [2.05, 4.69) is 137 Å². The Morgan fingerprint density at radius 1 is 0.400 bits per heavy atom. The number of hydrogen-bond acceptors (Lipinski definition) is 16. The second-order valence-corrected chi connectivity index (χ2v) is 34.4. The summed E-state index contributed by atoms with van der Waals surface area (Å²) >= 11 is 1.75. The number of ether oxygens (including phenoxy) is 4. The zero-order valence-electron chi connectivity index (χ0n) is 73.0. The van der Waals surface area contributed by atoms with Crippen molar-refractivity contribution in [3.8, 4) is 97.3 Å². The van der Waals surface area contributed by atoms with Crippen molar-refractivity contribution < 1.29 is 27.7 Å². The summed E-state index contributed by atoms with van der Waals surface area (Å²) in [5.41, 5.74) is 22.0. The van der Waals surface area contributed by atoms with Gasteiger partial charge in [-0.1, -0.05) is 133 Å². The lowest BCUT2D eigenvalue weighted by atomic mass is 10.1. The fraction of sp³-hybridized carbons (Fsp3) is 0.236. The molecule has 0 spiro atoms. The van der Waals surface area contributed by atoms with Crippen LogP contribution in [0.4, 0.5) is 8.78 Å². The van der Waals surface area contributed by atoms with E-state index >= 15 is 0 Å². The van der Waals surface area contributed by atoms with E-state index in [-0.39, 0.29) is 19.4 Å². The van der Waals surface area contributed by atoms with Crippen molar-refractivity contribution >= 4 is 40.0 Å². The van der Waals surface area contributed by atoms with Crippen molar-refractivity contribution in [2.45, 2.75) is 107 Å². The van der Waals surface area contributed by atoms with Crippen molar-refractivity contribution in [3.63, 3.8) is 0 Å². The van der Waals surface area contributed by atoms with Crippen LogP contribution >= 0.6 is 11.8 Å². The second-order valence-electron chi connectivity index (χ2n) is 33.5. The minimum Gasteiger partial charge on any atom is -0.497 e. The molecule has 11 heterocycles. The quantitative estimate of drug-likeness (QED) is 0.0243. The standard InChI is InChI=1S/C26H25N3O2.C21H19N5.C21H19N3O.C19H17F2N3O.C19H19N3S/c1-18(20-9-10-20)15-25-27-26-8-4-7-24(29(26)28-25)21-11-13-22(14-12-21)31-17-19-5-3-6-23(16-19)30-2;1-15(16-9-10-16)13-20-23-21-8-3-7-19(26(21)24-20)17-5-2-6-18(14-17)25-12-4-11-22-25;1-3-13-25-18-11-9-17(10-12-18)19-5-4-6-21-22-20(23-24(19)21)14-15(2)16-7-8-16;1-12(15-11-19(15,20)21)10-17-22-18-5-3-4-16(24(18)23-17)13-6-8-14(25-2)9-7-13;1-13(14-6-7-14)12-18-20-19-5-3-4-17(22(19)21-18)15-8-10-16(23-2)11-9-15/h3-8,11-14,16,20H,1,9-10,15,17H2,2H3;2-8,11-12,14,16H,1,9-10,13H2;1,4-6,9-12,16H,2,7-8,13-14H2;3-9,15H,1,10-11H2,2H3;3-5,8-11,14H,1,6-7,12H2,2H3. The van der Waals surface area contributed by atoms with Gasteiger partial charge in [-0.25, -0.2) is 61.0 Å². The Labute approximate surface area is 757 Å². The average molecular weight is 1750 g/mol. The Bertz CT molecular complexity index is 7030. The predicted molar refractivity (Wildman–Crippen MR) is 507 cm³/mol. The summed E-state index contributed by atoms with van der Waals surface area (Å²) in [6.07, 6.45) is 24.3. The molecule has 11 aromatic heterocycles. The minimum atomic E-state index is -2.61. The zero-order chi connectivity index (χ0) is 89.4. The number of allylic oxidation sites excluding steroid dienone is 5. The smallest absolute Gasteiger partial charge is 0.255 e. The number of thioether (sulfide) groups is 1. The van der Waals surface area contributed by atoms with Crippen molar-refractivity contribution in [3.05, 3.63) is 350 Å². The summed E-state index contributed by atoms with van der Waals surface area (Å²) in [4.78, 5) is 24.4. The van der Waals surface area contributed by atoms with E-state index in [9.17, 15) is 8.78 Å². The lowest BCUT2D eigenvalue weighted by molar-refractivity contribution is 0.105. The van der Waals surface area contributed by atoms with Gasteiger partial charge >= 0.3 is 0 Å². The topological polar surface area (TPSA) is 206 Å². The van der Waals surface area contributed by atoms with Crippen LogP contribution in [-0.4, -0.2) is 116 Å². The first kappa shape index (κ1) is 86.1. The van der Waals surface area contributed by atoms with Gasteiger partial charge in [0.25, 0.3) is 5.92 Å². The molecular weight excluding hydrogens is 1650 g/mol. The Morgan fingerprint density at radius 2 is 0.746 bits per heavy atom. The number of aromatic nitrogens is 17. The number of hydrogen-bond donors (Lipinski definition) is 0. The van der Waals surface area contributed by atoms with E-state index in [1.165, 1.54) is 78.6 Å². The SMILES string of the molecule is C#CCOc1ccc(-c2cccc3nc(CC(=C)C4CC4)nn23)cc1.C=C(Cc1nc2cccc(-c3ccc(OC)cc3)n2n1)C1CC1(F)F.C=C(Cc1nc2cccc(-c3ccc(OCc4cccc(OC)c4)cc3)n2n1)C1CC1.C=C(Cc1nc2cccc(-c3ccc(SC)cc3)n2n1)C1CC1.C=C(Cc1nc2cccc(-c3cccc(-n4cccn4)c3)n2n1)C1CC1. The number of benzene rings is 6. The van der Waals surface area contributed by atoms with Gasteiger partial charge in [0.15, 0.2) is 57.4 Å². The summed E-state index contributed by atoms with van der Waals surface area (Å²) in [5, 5.41) is 27.7. The van der Waals surface area contributed by atoms with Gasteiger partial charge in [-0.15, -0.1) is 18.2 Å². The molecule has 652 valence electrons. The van der Waals surface area contributed by atoms with Crippen LogP contribution in [0.3, 0.4) is 0 Å². The molecule has 22 rings (SSSR count). The highest BCUT2D eigenvalue weighted by Crippen LogP contribution is 2.53. The summed E-state index contributed by atoms with van der Waals surface area (Å²) in [6, 6.07) is 80.3. The zero-order valence-corrected chi connectivity index (χ0v) is 73.8. The summed E-state index contributed by atoms with van der Waals surface area (Å²) in [5.74, 6) is 8.89. The number of alkyl halides is 2. The van der Waals surface area contributed by atoms with E-state index < -0.39 is 11.8 Å². The molecule has 0 radical (unpaired) electrons. The van der Waals surface area contributed by atoms with Crippen LogP contribution < -0.4 is 18.9 Å². The third-order valence-corrected chi connectivity index (χ3v) is 24.5. The molecule has 0 amide bonds. The lowest BCUT2D eigenvalue weighted by Crippen LogP contribution is -2.01. The van der Waals surface area contributed by atoms with Gasteiger partial charge < -0.3 is 18.9 Å². The highest BCUT2D eigenvalue weighted by atomic mass is 32.2. The molecule has 24 heteroatoms. The molecule has 0 bridgehead atoms. The first-order chi connectivity index (χ1) is 63.4. The second kappa shape index (κ2) is 38.5. The van der Waals surface area contributed by atoms with Crippen molar-refractivity contribution in [2.75, 3.05) is 27.1 Å². The first-order valence-electron chi connectivity index (χ1n) is 43.9. The maximum Gasteiger partial charge on any atom is 0.255 e.